The first-order valence-electron chi connectivity index (χ1n) is 25.0. The lowest BCUT2D eigenvalue weighted by Crippen LogP contribution is -2.57. The Balaban J connectivity index is 1.19. The Kier molecular flexibility index (Phi) is 14.7. The minimum absolute atomic E-state index is 0.00399. The number of Topliss-reactive ketones (excluding diaryl/α,β-unsaturated/α-hetero) is 1. The molecule has 3 aliphatic rings. The first kappa shape index (κ1) is 52.1. The zero-order chi connectivity index (χ0) is 54.7. The average molecular weight is 1050 g/mol. The van der Waals surface area contributed by atoms with Crippen LogP contribution in [0, 0.1) is 0 Å². The Morgan fingerprint density at radius 2 is 1.08 bits per heavy atom. The molecule has 7 aromatic rings. The van der Waals surface area contributed by atoms with E-state index in [2.05, 4.69) is 5.32 Å². The van der Waals surface area contributed by atoms with Crippen LogP contribution < -0.4 is 19.5 Å². The molecule has 16 heteroatoms. The molecule has 16 nitrogen and oxygen atoms in total. The van der Waals surface area contributed by atoms with Crippen LogP contribution in [0.25, 0.3) is 0 Å². The molecule has 1 aliphatic heterocycles. The van der Waals surface area contributed by atoms with Gasteiger partial charge in [0.1, 0.15) is 23.4 Å². The number of benzene rings is 7. The van der Waals surface area contributed by atoms with Gasteiger partial charge in [0.05, 0.1) is 64.3 Å². The molecule has 1 heterocycles. The van der Waals surface area contributed by atoms with Crippen LogP contribution >= 0.6 is 0 Å². The van der Waals surface area contributed by atoms with Crippen molar-refractivity contribution in [3.05, 3.63) is 231 Å². The van der Waals surface area contributed by atoms with Gasteiger partial charge in [0, 0.05) is 41.5 Å². The molecule has 1 saturated heterocycles. The Hall–Kier alpha value is -9.38. The molecular formula is C62H49NO15. The number of amides is 1. The normalized spacial score (nSPS) is 20.1. The summed E-state index contributed by atoms with van der Waals surface area (Å²) in [6.45, 7) is 2.80. The largest absolute Gasteiger partial charge is 0.496 e. The van der Waals surface area contributed by atoms with Gasteiger partial charge in [-0.25, -0.2) is 19.2 Å². The third kappa shape index (κ3) is 10.2. The van der Waals surface area contributed by atoms with Gasteiger partial charge < -0.3 is 38.5 Å². The Bertz CT molecular complexity index is 3500. The van der Waals surface area contributed by atoms with E-state index in [0.717, 1.165) is 0 Å². The third-order valence-electron chi connectivity index (χ3n) is 14.0. The molecular weight excluding hydrogens is 999 g/mol. The van der Waals surface area contributed by atoms with E-state index in [1.54, 1.807) is 122 Å². The fourth-order valence-corrected chi connectivity index (χ4v) is 10.1. The molecule has 0 saturated carbocycles. The standard InChI is InChI=1S/C62H49NO15/c1-35-54(75-58(68)38-22-11-5-12-23-38)44(63-57(67)37-20-9-4-10-21-37)32-47(73-35)74-46-34-62(36(2)64,78-61(71)41-28-17-8-18-29-41)33-43-49(46)56(77-60(70)40-26-15-7-16-27-40)51-50(55(43)76-59(69)39-24-13-6-14-25-39)52(65)42-30-19-31-45(72-3)48(42)53(51)66/h4-31,35,44,46-47,54H,32-34H2,1-3H3,(H,63,67). The molecule has 1 N–H and O–H groups in total. The second kappa shape index (κ2) is 22.1. The van der Waals surface area contributed by atoms with Crippen molar-refractivity contribution < 1.29 is 71.5 Å². The van der Waals surface area contributed by atoms with E-state index in [1.165, 1.54) is 68.6 Å². The number of carbonyl (C=O) groups is 8. The van der Waals surface area contributed by atoms with Crippen LogP contribution in [0.3, 0.4) is 0 Å². The Morgan fingerprint density at radius 1 is 0.577 bits per heavy atom. The predicted octanol–water partition coefficient (Wildman–Crippen LogP) is 9.26. The second-order valence-corrected chi connectivity index (χ2v) is 18.9. The van der Waals surface area contributed by atoms with Crippen molar-refractivity contribution in [3.63, 3.8) is 0 Å². The van der Waals surface area contributed by atoms with Gasteiger partial charge in [-0.05, 0) is 80.6 Å². The lowest BCUT2D eigenvalue weighted by Gasteiger charge is -2.44. The summed E-state index contributed by atoms with van der Waals surface area (Å²) in [6.07, 6.45) is -6.56. The van der Waals surface area contributed by atoms with E-state index >= 15 is 9.59 Å². The van der Waals surface area contributed by atoms with Crippen LogP contribution in [-0.2, 0) is 30.2 Å². The molecule has 7 aromatic carbocycles. The van der Waals surface area contributed by atoms with Crippen molar-refractivity contribution in [1.29, 1.82) is 0 Å². The smallest absolute Gasteiger partial charge is 0.343 e. The van der Waals surface area contributed by atoms with Crippen molar-refractivity contribution in [2.24, 2.45) is 0 Å². The number of hydrogen-bond acceptors (Lipinski definition) is 15. The van der Waals surface area contributed by atoms with Crippen molar-refractivity contribution in [3.8, 4) is 17.2 Å². The van der Waals surface area contributed by atoms with Crippen molar-refractivity contribution in [2.75, 3.05) is 7.11 Å². The maximum absolute atomic E-state index is 15.5. The lowest BCUT2D eigenvalue weighted by molar-refractivity contribution is -0.248. The maximum Gasteiger partial charge on any atom is 0.343 e. The second-order valence-electron chi connectivity index (χ2n) is 18.9. The van der Waals surface area contributed by atoms with Crippen molar-refractivity contribution in [2.45, 2.75) is 69.4 Å². The number of nitrogens with one attached hydrogen (secondary N) is 1. The molecule has 0 aromatic heterocycles. The van der Waals surface area contributed by atoms with Crippen molar-refractivity contribution >= 4 is 47.1 Å². The van der Waals surface area contributed by atoms with E-state index in [4.69, 9.17) is 33.2 Å². The minimum atomic E-state index is -2.20. The van der Waals surface area contributed by atoms with E-state index in [1.807, 2.05) is 0 Å². The first-order valence-corrected chi connectivity index (χ1v) is 25.0. The zero-order valence-electron chi connectivity index (χ0n) is 42.3. The molecule has 0 radical (unpaired) electrons. The monoisotopic (exact) mass is 1050 g/mol. The Labute approximate surface area is 447 Å². The quantitative estimate of drug-likeness (QED) is 0.0794. The van der Waals surface area contributed by atoms with Crippen LogP contribution in [0.15, 0.2) is 170 Å². The average Bonchev–Trinajstić information content (AvgIpc) is 3.16. The number of fused-ring (bicyclic) bond motifs is 3. The van der Waals surface area contributed by atoms with Gasteiger partial charge in [0.15, 0.2) is 23.5 Å². The highest BCUT2D eigenvalue weighted by atomic mass is 16.7. The minimum Gasteiger partial charge on any atom is -0.496 e. The van der Waals surface area contributed by atoms with Gasteiger partial charge in [0.2, 0.25) is 5.78 Å². The number of esters is 4. The van der Waals surface area contributed by atoms with Gasteiger partial charge in [-0.15, -0.1) is 0 Å². The molecule has 10 rings (SSSR count). The van der Waals surface area contributed by atoms with Gasteiger partial charge in [-0.1, -0.05) is 103 Å². The summed E-state index contributed by atoms with van der Waals surface area (Å²) in [5, 5.41) is 2.99. The summed E-state index contributed by atoms with van der Waals surface area (Å²) in [5.41, 5.74) is -3.17. The highest BCUT2D eigenvalue weighted by molar-refractivity contribution is 6.32. The van der Waals surface area contributed by atoms with E-state index in [9.17, 15) is 28.8 Å². The highest BCUT2D eigenvalue weighted by Gasteiger charge is 2.54. The highest BCUT2D eigenvalue weighted by Crippen LogP contribution is 2.55. The lowest BCUT2D eigenvalue weighted by atomic mass is 9.71. The molecule has 0 bridgehead atoms. The maximum atomic E-state index is 15.5. The number of ketones is 3. The number of carbonyl (C=O) groups excluding carboxylic acids is 8. The van der Waals surface area contributed by atoms with E-state index < -0.39 is 119 Å². The first-order chi connectivity index (χ1) is 37.7. The molecule has 6 unspecified atom stereocenters. The summed E-state index contributed by atoms with van der Waals surface area (Å²) in [6, 6.07) is 43.4. The van der Waals surface area contributed by atoms with Crippen LogP contribution in [0.4, 0.5) is 0 Å². The number of ether oxygens (including phenoxy) is 7. The molecule has 78 heavy (non-hydrogen) atoms. The van der Waals surface area contributed by atoms with Gasteiger partial charge in [-0.2, -0.15) is 0 Å². The summed E-state index contributed by atoms with van der Waals surface area (Å²) in [5.74, 6) is -7.52. The van der Waals surface area contributed by atoms with Crippen molar-refractivity contribution in [1.82, 2.24) is 5.32 Å². The summed E-state index contributed by atoms with van der Waals surface area (Å²) >= 11 is 0. The fraction of sp³-hybridized carbons (Fsp3) is 0.194. The van der Waals surface area contributed by atoms with Crippen LogP contribution in [0.1, 0.15) is 128 Å². The summed E-state index contributed by atoms with van der Waals surface area (Å²) in [4.78, 5) is 117. The number of hydrogen-bond donors (Lipinski definition) is 1. The SMILES string of the molecule is COc1cccc2c1C(=O)c1c(OC(=O)c3ccccc3)c3c(c(OC(=O)c4ccccc4)c1C2=O)CC(OC(=O)c1ccccc1)(C(C)=O)CC3OC1CC(NC(=O)c2ccccc2)C(OC(=O)c2ccccc2)C(C)O1. The van der Waals surface area contributed by atoms with Crippen LogP contribution in [0.2, 0.25) is 0 Å². The topological polar surface area (TPSA) is 213 Å². The zero-order valence-corrected chi connectivity index (χ0v) is 42.3. The summed E-state index contributed by atoms with van der Waals surface area (Å²) < 4.78 is 44.3. The number of methoxy groups -OCH3 is 1. The number of rotatable bonds is 14. The third-order valence-corrected chi connectivity index (χ3v) is 14.0. The molecule has 2 aliphatic carbocycles. The molecule has 392 valence electrons. The molecule has 6 atom stereocenters. The van der Waals surface area contributed by atoms with Crippen LogP contribution in [0.5, 0.6) is 17.2 Å². The Morgan fingerprint density at radius 3 is 1.62 bits per heavy atom. The molecule has 1 fully saturated rings. The molecule has 1 amide bonds. The van der Waals surface area contributed by atoms with Crippen LogP contribution in [-0.4, -0.2) is 84.4 Å². The van der Waals surface area contributed by atoms with E-state index in [-0.39, 0.29) is 56.7 Å². The molecule has 0 spiro atoms. The van der Waals surface area contributed by atoms with Gasteiger partial charge in [-0.3, -0.25) is 19.2 Å². The van der Waals surface area contributed by atoms with Gasteiger partial charge in [0.25, 0.3) is 5.91 Å². The fourth-order valence-electron chi connectivity index (χ4n) is 10.1. The summed E-state index contributed by atoms with van der Waals surface area (Å²) in [7, 11) is 1.31. The van der Waals surface area contributed by atoms with E-state index in [0.29, 0.717) is 5.56 Å². The van der Waals surface area contributed by atoms with Gasteiger partial charge >= 0.3 is 23.9 Å². The predicted molar refractivity (Wildman–Crippen MR) is 279 cm³/mol.